The highest BCUT2D eigenvalue weighted by Crippen LogP contribution is 2.49. The summed E-state index contributed by atoms with van der Waals surface area (Å²) in [5, 5.41) is 0.761. The summed E-state index contributed by atoms with van der Waals surface area (Å²) in [6.07, 6.45) is -0.540. The Labute approximate surface area is 336 Å². The minimum absolute atomic E-state index is 0.0101. The lowest BCUT2D eigenvalue weighted by molar-refractivity contribution is -0.146. The SMILES string of the molecule is CC[C@@H]1[C@@H](OCc2ccccc2)Oc2c(c(=O)n(C)c(=O)n2C)[C@H]1C[C@@H]1c2c(c3ccccc3n2S(=O)(=O)c2ccc(C)cc2)CCN1C(=O)OCc1ccccc1. The van der Waals surface area contributed by atoms with Crippen molar-refractivity contribution in [2.45, 2.75) is 69.5 Å². The van der Waals surface area contributed by atoms with Crippen LogP contribution in [0.1, 0.15) is 65.2 Å². The van der Waals surface area contributed by atoms with E-state index in [-0.39, 0.29) is 42.5 Å². The van der Waals surface area contributed by atoms with Crippen molar-refractivity contribution in [3.63, 3.8) is 0 Å². The highest BCUT2D eigenvalue weighted by atomic mass is 32.2. The monoisotopic (exact) mass is 802 g/mol. The number of aromatic nitrogens is 3. The van der Waals surface area contributed by atoms with Gasteiger partial charge in [0, 0.05) is 37.9 Å². The van der Waals surface area contributed by atoms with Crippen molar-refractivity contribution >= 4 is 27.0 Å². The molecule has 12 nitrogen and oxygen atoms in total. The number of ether oxygens (including phenoxy) is 3. The lowest BCUT2D eigenvalue weighted by Crippen LogP contribution is -2.49. The Bertz CT molecular complexity index is 2710. The Balaban J connectivity index is 1.32. The van der Waals surface area contributed by atoms with Gasteiger partial charge in [-0.3, -0.25) is 18.8 Å². The second kappa shape index (κ2) is 15.8. The average Bonchev–Trinajstić information content (AvgIpc) is 3.60. The van der Waals surface area contributed by atoms with Gasteiger partial charge in [-0.25, -0.2) is 22.0 Å². The van der Waals surface area contributed by atoms with E-state index in [4.69, 9.17) is 14.2 Å². The molecule has 0 aliphatic carbocycles. The van der Waals surface area contributed by atoms with Crippen LogP contribution in [0.15, 0.2) is 124 Å². The largest absolute Gasteiger partial charge is 0.449 e. The molecule has 4 atom stereocenters. The molecule has 300 valence electrons. The van der Waals surface area contributed by atoms with Crippen LogP contribution >= 0.6 is 0 Å². The van der Waals surface area contributed by atoms with Gasteiger partial charge < -0.3 is 14.2 Å². The number of para-hydroxylation sites is 1. The van der Waals surface area contributed by atoms with Crippen LogP contribution in [0.25, 0.3) is 10.9 Å². The molecule has 1 amide bonds. The van der Waals surface area contributed by atoms with Gasteiger partial charge in [-0.05, 0) is 61.1 Å². The van der Waals surface area contributed by atoms with E-state index in [0.29, 0.717) is 24.1 Å². The summed E-state index contributed by atoms with van der Waals surface area (Å²) in [5.74, 6) is -1.02. The van der Waals surface area contributed by atoms with E-state index in [2.05, 4.69) is 0 Å². The maximum Gasteiger partial charge on any atom is 0.410 e. The first-order chi connectivity index (χ1) is 28.0. The number of nitrogens with zero attached hydrogens (tertiary/aromatic N) is 4. The minimum Gasteiger partial charge on any atom is -0.449 e. The van der Waals surface area contributed by atoms with Gasteiger partial charge in [0.25, 0.3) is 15.6 Å². The van der Waals surface area contributed by atoms with Crippen molar-refractivity contribution < 1.29 is 27.4 Å². The first kappa shape index (κ1) is 38.9. The van der Waals surface area contributed by atoms with Crippen molar-refractivity contribution in [3.8, 4) is 5.88 Å². The Hall–Kier alpha value is -5.92. The normalized spacial score (nSPS) is 19.0. The molecule has 0 bridgehead atoms. The van der Waals surface area contributed by atoms with Crippen LogP contribution in [0, 0.1) is 12.8 Å². The fraction of sp³-hybridized carbons (Fsp3) is 0.311. The quantitative estimate of drug-likeness (QED) is 0.145. The van der Waals surface area contributed by atoms with Gasteiger partial charge in [0.1, 0.15) is 6.61 Å². The molecule has 0 unspecified atom stereocenters. The predicted molar refractivity (Wildman–Crippen MR) is 219 cm³/mol. The first-order valence-corrected chi connectivity index (χ1v) is 21.0. The van der Waals surface area contributed by atoms with E-state index in [1.807, 2.05) is 86.6 Å². The summed E-state index contributed by atoms with van der Waals surface area (Å²) in [5.41, 5.74) is 3.52. The second-order valence-electron chi connectivity index (χ2n) is 15.1. The fourth-order valence-corrected chi connectivity index (χ4v) is 10.2. The number of carbonyl (C=O) groups is 1. The number of carbonyl (C=O) groups excluding carboxylic acids is 1. The molecule has 4 aromatic carbocycles. The van der Waals surface area contributed by atoms with Crippen molar-refractivity contribution in [1.29, 1.82) is 0 Å². The van der Waals surface area contributed by atoms with Gasteiger partial charge in [0.2, 0.25) is 12.2 Å². The second-order valence-corrected chi connectivity index (χ2v) is 16.9. The predicted octanol–water partition coefficient (Wildman–Crippen LogP) is 6.96. The summed E-state index contributed by atoms with van der Waals surface area (Å²) < 4.78 is 52.7. The van der Waals surface area contributed by atoms with Crippen LogP contribution in [0.3, 0.4) is 0 Å². The minimum atomic E-state index is -4.24. The van der Waals surface area contributed by atoms with Crippen LogP contribution in [-0.4, -0.2) is 45.4 Å². The van der Waals surface area contributed by atoms with E-state index in [1.54, 1.807) is 48.3 Å². The molecular formula is C45H46N4O8S. The van der Waals surface area contributed by atoms with Crippen LogP contribution < -0.4 is 16.0 Å². The van der Waals surface area contributed by atoms with Crippen LogP contribution in [0.5, 0.6) is 5.88 Å². The smallest absolute Gasteiger partial charge is 0.410 e. The molecule has 0 fully saturated rings. The number of benzene rings is 4. The number of hydrogen-bond acceptors (Lipinski definition) is 8. The molecule has 0 saturated carbocycles. The van der Waals surface area contributed by atoms with Gasteiger partial charge in [-0.2, -0.15) is 0 Å². The zero-order valence-electron chi connectivity index (χ0n) is 32.9. The fourth-order valence-electron chi connectivity index (χ4n) is 8.60. The summed E-state index contributed by atoms with van der Waals surface area (Å²) in [6.45, 7) is 4.32. The third-order valence-electron chi connectivity index (χ3n) is 11.6. The Morgan fingerprint density at radius 2 is 1.47 bits per heavy atom. The van der Waals surface area contributed by atoms with Gasteiger partial charge in [0.05, 0.1) is 34.3 Å². The lowest BCUT2D eigenvalue weighted by Gasteiger charge is -2.43. The summed E-state index contributed by atoms with van der Waals surface area (Å²) >= 11 is 0. The Morgan fingerprint density at radius 3 is 2.14 bits per heavy atom. The van der Waals surface area contributed by atoms with Crippen LogP contribution in [0.4, 0.5) is 4.79 Å². The molecule has 58 heavy (non-hydrogen) atoms. The third-order valence-corrected chi connectivity index (χ3v) is 13.3. The van der Waals surface area contributed by atoms with Crippen molar-refractivity contribution in [1.82, 2.24) is 18.0 Å². The standard InChI is InChI=1S/C45H46N4O8S/c1-5-33-36(39-41(50)46(3)44(51)47(4)42(39)57-43(33)55-27-30-14-8-6-9-15-30)26-38-40-35(24-25-48(38)45(52)56-28-31-16-10-7-11-17-31)34-18-12-13-19-37(34)49(40)58(53,54)32-22-20-29(2)21-23-32/h6-23,33,36,38,43H,5,24-28H2,1-4H3/t33-,36-,38+,43-/m0/s1. The zero-order chi connectivity index (χ0) is 40.7. The van der Waals surface area contributed by atoms with Gasteiger partial charge in [0.15, 0.2) is 0 Å². The molecule has 2 aromatic heterocycles. The first-order valence-electron chi connectivity index (χ1n) is 19.5. The van der Waals surface area contributed by atoms with Gasteiger partial charge in [-0.1, -0.05) is 103 Å². The number of aryl methyl sites for hydroxylation is 1. The zero-order valence-corrected chi connectivity index (χ0v) is 33.7. The summed E-state index contributed by atoms with van der Waals surface area (Å²) in [4.78, 5) is 43.8. The molecule has 2 aliphatic rings. The van der Waals surface area contributed by atoms with E-state index in [0.717, 1.165) is 32.2 Å². The number of hydrogen-bond donors (Lipinski definition) is 0. The molecule has 0 spiro atoms. The van der Waals surface area contributed by atoms with E-state index >= 15 is 0 Å². The van der Waals surface area contributed by atoms with Crippen LogP contribution in [0.2, 0.25) is 0 Å². The molecule has 0 radical (unpaired) electrons. The number of amides is 1. The Kier molecular flexibility index (Phi) is 10.6. The topological polar surface area (TPSA) is 131 Å². The van der Waals surface area contributed by atoms with E-state index < -0.39 is 51.5 Å². The van der Waals surface area contributed by atoms with Crippen LogP contribution in [-0.2, 0) is 53.2 Å². The maximum atomic E-state index is 15.0. The molecule has 8 rings (SSSR count). The van der Waals surface area contributed by atoms with Crippen molar-refractivity contribution in [2.24, 2.45) is 20.0 Å². The highest BCUT2D eigenvalue weighted by Gasteiger charge is 2.47. The molecular weight excluding hydrogens is 757 g/mol. The summed E-state index contributed by atoms with van der Waals surface area (Å²) in [7, 11) is -1.26. The van der Waals surface area contributed by atoms with Gasteiger partial charge in [-0.15, -0.1) is 0 Å². The molecule has 2 aliphatic heterocycles. The molecule has 0 N–H and O–H groups in total. The molecule has 6 aromatic rings. The molecule has 13 heteroatoms. The maximum absolute atomic E-state index is 15.0. The number of rotatable bonds is 10. The van der Waals surface area contributed by atoms with E-state index in [1.165, 1.54) is 15.6 Å². The highest BCUT2D eigenvalue weighted by molar-refractivity contribution is 7.90. The van der Waals surface area contributed by atoms with Crippen molar-refractivity contribution in [2.75, 3.05) is 6.54 Å². The van der Waals surface area contributed by atoms with Crippen molar-refractivity contribution in [3.05, 3.63) is 164 Å². The van der Waals surface area contributed by atoms with Gasteiger partial charge >= 0.3 is 11.8 Å². The molecule has 0 saturated heterocycles. The molecule has 4 heterocycles. The summed E-state index contributed by atoms with van der Waals surface area (Å²) in [6, 6.07) is 32.2. The lowest BCUT2D eigenvalue weighted by atomic mass is 9.77. The average molecular weight is 803 g/mol. The van der Waals surface area contributed by atoms with E-state index in [9.17, 15) is 22.8 Å². The Morgan fingerprint density at radius 1 is 0.828 bits per heavy atom. The third kappa shape index (κ3) is 6.92. The number of fused-ring (bicyclic) bond motifs is 4.